The summed E-state index contributed by atoms with van der Waals surface area (Å²) in [5.74, 6) is 2.85. The Balaban J connectivity index is 2.12. The molecule has 2 unspecified atom stereocenters. The monoisotopic (exact) mass is 279 g/mol. The zero-order chi connectivity index (χ0) is 13.7. The summed E-state index contributed by atoms with van der Waals surface area (Å²) in [5, 5.41) is 0. The van der Waals surface area contributed by atoms with Gasteiger partial charge in [-0.15, -0.1) is 11.8 Å². The van der Waals surface area contributed by atoms with E-state index in [-0.39, 0.29) is 0 Å². The maximum atomic E-state index is 6.24. The van der Waals surface area contributed by atoms with Crippen molar-refractivity contribution in [1.82, 2.24) is 0 Å². The van der Waals surface area contributed by atoms with Gasteiger partial charge in [0, 0.05) is 17.0 Å². The summed E-state index contributed by atoms with van der Waals surface area (Å²) < 4.78 is 6.24. The number of benzene rings is 1. The second-order valence-electron chi connectivity index (χ2n) is 5.38. The molecule has 0 bridgehead atoms. The van der Waals surface area contributed by atoms with E-state index in [0.717, 1.165) is 17.4 Å². The molecular weight excluding hydrogens is 254 g/mol. The molecule has 0 aliphatic heterocycles. The van der Waals surface area contributed by atoms with E-state index < -0.39 is 0 Å². The van der Waals surface area contributed by atoms with Crippen LogP contribution in [0, 0.1) is 5.92 Å². The summed E-state index contributed by atoms with van der Waals surface area (Å²) in [5.41, 5.74) is 7.09. The van der Waals surface area contributed by atoms with Crippen molar-refractivity contribution in [2.45, 2.75) is 57.1 Å². The van der Waals surface area contributed by atoms with Gasteiger partial charge in [0.05, 0.1) is 6.10 Å². The lowest BCUT2D eigenvalue weighted by atomic mass is 9.88. The second kappa shape index (κ2) is 7.20. The normalized spacial score (nSPS) is 23.3. The highest BCUT2D eigenvalue weighted by atomic mass is 32.2. The van der Waals surface area contributed by atoms with E-state index in [0.29, 0.717) is 12.6 Å². The van der Waals surface area contributed by atoms with Crippen LogP contribution in [0.5, 0.6) is 5.75 Å². The molecule has 2 rings (SSSR count). The molecule has 0 heterocycles. The predicted octanol–water partition coefficient (Wildman–Crippen LogP) is 4.21. The Kier molecular flexibility index (Phi) is 5.59. The predicted molar refractivity (Wildman–Crippen MR) is 82.8 cm³/mol. The number of hydrogen-bond donors (Lipinski definition) is 1. The average Bonchev–Trinajstić information content (AvgIpc) is 2.39. The minimum absolute atomic E-state index is 0.371. The molecule has 19 heavy (non-hydrogen) atoms. The SMILES string of the molecule is CCSc1cccc(OC2CCCC(C)C2)c1CN. The van der Waals surface area contributed by atoms with Gasteiger partial charge in [0.15, 0.2) is 0 Å². The zero-order valence-corrected chi connectivity index (χ0v) is 12.8. The number of rotatable bonds is 5. The van der Waals surface area contributed by atoms with Crippen LogP contribution in [-0.2, 0) is 6.54 Å². The van der Waals surface area contributed by atoms with Gasteiger partial charge < -0.3 is 10.5 Å². The largest absolute Gasteiger partial charge is 0.490 e. The van der Waals surface area contributed by atoms with Gasteiger partial charge in [-0.3, -0.25) is 0 Å². The molecule has 1 aromatic carbocycles. The van der Waals surface area contributed by atoms with Crippen LogP contribution in [0.4, 0.5) is 0 Å². The molecule has 1 aromatic rings. The van der Waals surface area contributed by atoms with Gasteiger partial charge in [-0.2, -0.15) is 0 Å². The topological polar surface area (TPSA) is 35.2 Å². The smallest absolute Gasteiger partial charge is 0.125 e. The molecule has 1 fully saturated rings. The standard InChI is InChI=1S/C16H25NOS/c1-3-19-16-9-5-8-15(14(16)11-17)18-13-7-4-6-12(2)10-13/h5,8-9,12-13H,3-4,6-7,10-11,17H2,1-2H3. The van der Waals surface area contributed by atoms with Crippen LogP contribution in [0.15, 0.2) is 23.1 Å². The Hall–Kier alpha value is -0.670. The zero-order valence-electron chi connectivity index (χ0n) is 12.0. The first-order valence-corrected chi connectivity index (χ1v) is 8.34. The summed E-state index contributed by atoms with van der Waals surface area (Å²) in [4.78, 5) is 1.27. The van der Waals surface area contributed by atoms with E-state index in [1.165, 1.54) is 36.1 Å². The molecule has 1 aliphatic carbocycles. The van der Waals surface area contributed by atoms with Crippen molar-refractivity contribution in [3.05, 3.63) is 23.8 Å². The number of thioether (sulfide) groups is 1. The Morgan fingerprint density at radius 2 is 2.21 bits per heavy atom. The van der Waals surface area contributed by atoms with E-state index in [2.05, 4.69) is 32.0 Å². The molecule has 2 N–H and O–H groups in total. The van der Waals surface area contributed by atoms with Gasteiger partial charge in [0.25, 0.3) is 0 Å². The van der Waals surface area contributed by atoms with Gasteiger partial charge in [-0.25, -0.2) is 0 Å². The first-order valence-electron chi connectivity index (χ1n) is 7.36. The molecule has 2 nitrogen and oxygen atoms in total. The Morgan fingerprint density at radius 1 is 1.37 bits per heavy atom. The quantitative estimate of drug-likeness (QED) is 0.820. The molecule has 3 heteroatoms. The van der Waals surface area contributed by atoms with Crippen LogP contribution in [0.3, 0.4) is 0 Å². The highest BCUT2D eigenvalue weighted by molar-refractivity contribution is 7.99. The van der Waals surface area contributed by atoms with Crippen LogP contribution >= 0.6 is 11.8 Å². The number of hydrogen-bond acceptors (Lipinski definition) is 3. The Labute approximate surface area is 121 Å². The van der Waals surface area contributed by atoms with Crippen molar-refractivity contribution in [1.29, 1.82) is 0 Å². The third kappa shape index (κ3) is 3.90. The maximum absolute atomic E-state index is 6.24. The second-order valence-corrected chi connectivity index (χ2v) is 6.69. The van der Waals surface area contributed by atoms with Gasteiger partial charge >= 0.3 is 0 Å². The van der Waals surface area contributed by atoms with Gasteiger partial charge in [0.1, 0.15) is 5.75 Å². The number of ether oxygens (including phenoxy) is 1. The fraction of sp³-hybridized carbons (Fsp3) is 0.625. The van der Waals surface area contributed by atoms with Crippen molar-refractivity contribution in [2.75, 3.05) is 5.75 Å². The van der Waals surface area contributed by atoms with Crippen LogP contribution in [0.2, 0.25) is 0 Å². The van der Waals surface area contributed by atoms with Crippen molar-refractivity contribution in [3.8, 4) is 5.75 Å². The fourth-order valence-electron chi connectivity index (χ4n) is 2.81. The molecule has 1 aliphatic rings. The third-order valence-electron chi connectivity index (χ3n) is 3.78. The highest BCUT2D eigenvalue weighted by Gasteiger charge is 2.21. The van der Waals surface area contributed by atoms with Crippen molar-refractivity contribution >= 4 is 11.8 Å². The molecule has 106 valence electrons. The molecule has 0 saturated heterocycles. The van der Waals surface area contributed by atoms with Gasteiger partial charge in [-0.05, 0) is 43.1 Å². The van der Waals surface area contributed by atoms with E-state index in [9.17, 15) is 0 Å². The van der Waals surface area contributed by atoms with E-state index >= 15 is 0 Å². The average molecular weight is 279 g/mol. The Bertz CT molecular complexity index is 408. The lowest BCUT2D eigenvalue weighted by Gasteiger charge is -2.28. The Morgan fingerprint density at radius 3 is 2.89 bits per heavy atom. The molecule has 0 aromatic heterocycles. The minimum Gasteiger partial charge on any atom is -0.490 e. The van der Waals surface area contributed by atoms with Gasteiger partial charge in [0.2, 0.25) is 0 Å². The van der Waals surface area contributed by atoms with Crippen LogP contribution in [0.25, 0.3) is 0 Å². The lowest BCUT2D eigenvalue weighted by Crippen LogP contribution is -2.24. The molecule has 0 radical (unpaired) electrons. The summed E-state index contributed by atoms with van der Waals surface area (Å²) in [7, 11) is 0. The first-order chi connectivity index (χ1) is 9.24. The van der Waals surface area contributed by atoms with Crippen LogP contribution in [-0.4, -0.2) is 11.9 Å². The fourth-order valence-corrected chi connectivity index (χ4v) is 3.66. The number of nitrogens with two attached hydrogens (primary N) is 1. The van der Waals surface area contributed by atoms with Crippen molar-refractivity contribution in [3.63, 3.8) is 0 Å². The van der Waals surface area contributed by atoms with Crippen molar-refractivity contribution in [2.24, 2.45) is 11.7 Å². The summed E-state index contributed by atoms with van der Waals surface area (Å²) >= 11 is 1.84. The van der Waals surface area contributed by atoms with E-state index in [1.54, 1.807) is 0 Å². The third-order valence-corrected chi connectivity index (χ3v) is 4.76. The maximum Gasteiger partial charge on any atom is 0.125 e. The molecule has 0 spiro atoms. The molecule has 1 saturated carbocycles. The van der Waals surface area contributed by atoms with Gasteiger partial charge in [-0.1, -0.05) is 26.3 Å². The lowest BCUT2D eigenvalue weighted by molar-refractivity contribution is 0.127. The first kappa shape index (κ1) is 14.7. The summed E-state index contributed by atoms with van der Waals surface area (Å²) in [6.07, 6.45) is 5.35. The van der Waals surface area contributed by atoms with Crippen LogP contribution in [0.1, 0.15) is 45.1 Å². The summed E-state index contributed by atoms with van der Waals surface area (Å²) in [6.45, 7) is 5.05. The minimum atomic E-state index is 0.371. The molecule has 2 atom stereocenters. The summed E-state index contributed by atoms with van der Waals surface area (Å²) in [6, 6.07) is 6.30. The highest BCUT2D eigenvalue weighted by Crippen LogP contribution is 2.33. The van der Waals surface area contributed by atoms with Crippen molar-refractivity contribution < 1.29 is 4.74 Å². The van der Waals surface area contributed by atoms with E-state index in [4.69, 9.17) is 10.5 Å². The molecular formula is C16H25NOS. The van der Waals surface area contributed by atoms with E-state index in [1.807, 2.05) is 11.8 Å². The molecule has 0 amide bonds. The van der Waals surface area contributed by atoms with Crippen LogP contribution < -0.4 is 10.5 Å².